The van der Waals surface area contributed by atoms with Gasteiger partial charge in [0.15, 0.2) is 6.61 Å². The third kappa shape index (κ3) is 5.12. The van der Waals surface area contributed by atoms with Crippen LogP contribution in [-0.2, 0) is 19.1 Å². The number of carbonyl (C=O) groups excluding carboxylic acids is 2. The zero-order valence-corrected chi connectivity index (χ0v) is 16.2. The molecule has 2 aromatic heterocycles. The fourth-order valence-electron chi connectivity index (χ4n) is 2.20. The largest absolute Gasteiger partial charge is 0.457 e. The van der Waals surface area contributed by atoms with Crippen molar-refractivity contribution < 1.29 is 19.1 Å². The Morgan fingerprint density at radius 3 is 2.44 bits per heavy atom. The van der Waals surface area contributed by atoms with Crippen LogP contribution >= 0.6 is 11.3 Å². The van der Waals surface area contributed by atoms with Gasteiger partial charge in [-0.2, -0.15) is 0 Å². The first-order valence-electron chi connectivity index (χ1n) is 7.92. The van der Waals surface area contributed by atoms with E-state index >= 15 is 0 Å². The van der Waals surface area contributed by atoms with Crippen molar-refractivity contribution in [2.24, 2.45) is 0 Å². The van der Waals surface area contributed by atoms with E-state index in [1.54, 1.807) is 39.0 Å². The van der Waals surface area contributed by atoms with Gasteiger partial charge < -0.3 is 14.8 Å². The highest BCUT2D eigenvalue weighted by Gasteiger charge is 2.18. The number of esters is 2. The van der Waals surface area contributed by atoms with Gasteiger partial charge in [0.2, 0.25) is 0 Å². The third-order valence-corrected chi connectivity index (χ3v) is 4.41. The lowest BCUT2D eigenvalue weighted by atomic mass is 10.2. The summed E-state index contributed by atoms with van der Waals surface area (Å²) >= 11 is 1.59. The second-order valence-electron chi connectivity index (χ2n) is 6.68. The maximum absolute atomic E-state index is 11.9. The van der Waals surface area contributed by atoms with Gasteiger partial charge in [-0.15, -0.1) is 11.3 Å². The van der Waals surface area contributed by atoms with Crippen molar-refractivity contribution in [3.63, 3.8) is 0 Å². The van der Waals surface area contributed by atoms with Crippen LogP contribution in [-0.4, -0.2) is 40.7 Å². The van der Waals surface area contributed by atoms with Gasteiger partial charge in [-0.25, -0.2) is 14.8 Å². The lowest BCUT2D eigenvalue weighted by Gasteiger charge is -2.19. The monoisotopic (exact) mass is 365 g/mol. The standard InChI is InChI=1S/C17H23N3O4S/c1-9-10(2)25-16-14(9)15(19-11(3)20-16)18-7-12(21)23-8-13(22)24-17(4,5)6/h7-8H2,1-6H3,(H,18,19,20). The topological polar surface area (TPSA) is 90.4 Å². The van der Waals surface area contributed by atoms with Gasteiger partial charge in [0, 0.05) is 4.88 Å². The van der Waals surface area contributed by atoms with Crippen LogP contribution in [0.5, 0.6) is 0 Å². The Morgan fingerprint density at radius 2 is 1.80 bits per heavy atom. The summed E-state index contributed by atoms with van der Waals surface area (Å²) in [7, 11) is 0. The summed E-state index contributed by atoms with van der Waals surface area (Å²) in [6, 6.07) is 0. The van der Waals surface area contributed by atoms with Crippen molar-refractivity contribution in [1.82, 2.24) is 9.97 Å². The molecular weight excluding hydrogens is 342 g/mol. The molecule has 0 aliphatic carbocycles. The van der Waals surface area contributed by atoms with Gasteiger partial charge in [0.25, 0.3) is 0 Å². The molecule has 8 heteroatoms. The zero-order valence-electron chi connectivity index (χ0n) is 15.3. The van der Waals surface area contributed by atoms with Crippen molar-refractivity contribution in [1.29, 1.82) is 0 Å². The summed E-state index contributed by atoms with van der Waals surface area (Å²) in [5.74, 6) is 0.0854. The van der Waals surface area contributed by atoms with Crippen LogP contribution in [0.25, 0.3) is 10.2 Å². The summed E-state index contributed by atoms with van der Waals surface area (Å²) in [4.78, 5) is 34.3. The highest BCUT2D eigenvalue weighted by Crippen LogP contribution is 2.33. The average molecular weight is 365 g/mol. The van der Waals surface area contributed by atoms with Crippen LogP contribution in [0.15, 0.2) is 0 Å². The van der Waals surface area contributed by atoms with Crippen LogP contribution in [0, 0.1) is 20.8 Å². The average Bonchev–Trinajstić information content (AvgIpc) is 2.75. The first kappa shape index (κ1) is 19.1. The van der Waals surface area contributed by atoms with E-state index in [1.807, 2.05) is 13.8 Å². The van der Waals surface area contributed by atoms with Crippen LogP contribution in [0.3, 0.4) is 0 Å². The molecule has 136 valence electrons. The molecule has 0 radical (unpaired) electrons. The van der Waals surface area contributed by atoms with Gasteiger partial charge >= 0.3 is 11.9 Å². The Morgan fingerprint density at radius 1 is 1.12 bits per heavy atom. The molecule has 0 aliphatic rings. The van der Waals surface area contributed by atoms with E-state index in [0.717, 1.165) is 20.7 Å². The van der Waals surface area contributed by atoms with Crippen LogP contribution in [0.1, 0.15) is 37.0 Å². The van der Waals surface area contributed by atoms with E-state index in [9.17, 15) is 9.59 Å². The Labute approximate surface area is 150 Å². The number of hydrogen-bond acceptors (Lipinski definition) is 8. The minimum atomic E-state index is -0.611. The molecule has 0 amide bonds. The number of anilines is 1. The third-order valence-electron chi connectivity index (χ3n) is 3.31. The zero-order chi connectivity index (χ0) is 18.8. The van der Waals surface area contributed by atoms with Gasteiger partial charge in [0.05, 0.1) is 5.39 Å². The summed E-state index contributed by atoms with van der Waals surface area (Å²) in [6.07, 6.45) is 0. The molecule has 25 heavy (non-hydrogen) atoms. The highest BCUT2D eigenvalue weighted by atomic mass is 32.1. The van der Waals surface area contributed by atoms with Crippen molar-refractivity contribution in [2.75, 3.05) is 18.5 Å². The molecule has 0 bridgehead atoms. The fourth-order valence-corrected chi connectivity index (χ4v) is 3.28. The minimum absolute atomic E-state index is 0.0946. The minimum Gasteiger partial charge on any atom is -0.457 e. The van der Waals surface area contributed by atoms with Crippen molar-refractivity contribution in [3.05, 3.63) is 16.3 Å². The van der Waals surface area contributed by atoms with Crippen molar-refractivity contribution >= 4 is 39.3 Å². The molecule has 1 N–H and O–H groups in total. The summed E-state index contributed by atoms with van der Waals surface area (Å²) in [5.41, 5.74) is 0.477. The molecule has 2 aromatic rings. The maximum Gasteiger partial charge on any atom is 0.344 e. The van der Waals surface area contributed by atoms with E-state index in [2.05, 4.69) is 15.3 Å². The van der Waals surface area contributed by atoms with Gasteiger partial charge in [-0.05, 0) is 47.1 Å². The normalized spacial score (nSPS) is 11.4. The number of nitrogens with zero attached hydrogens (tertiary/aromatic N) is 2. The molecule has 0 aliphatic heterocycles. The number of ether oxygens (including phenoxy) is 2. The second-order valence-corrected chi connectivity index (χ2v) is 7.89. The predicted molar refractivity (Wildman–Crippen MR) is 96.9 cm³/mol. The Balaban J connectivity index is 1.98. The SMILES string of the molecule is Cc1nc(NCC(=O)OCC(=O)OC(C)(C)C)c2c(C)c(C)sc2n1. The molecule has 0 saturated heterocycles. The molecule has 0 spiro atoms. The number of carbonyl (C=O) groups is 2. The highest BCUT2D eigenvalue weighted by molar-refractivity contribution is 7.18. The molecule has 2 rings (SSSR count). The number of hydrogen-bond donors (Lipinski definition) is 1. The second kappa shape index (κ2) is 7.35. The molecule has 2 heterocycles. The first-order chi connectivity index (χ1) is 11.6. The van der Waals surface area contributed by atoms with Crippen molar-refractivity contribution in [2.45, 2.75) is 47.1 Å². The molecule has 7 nitrogen and oxygen atoms in total. The molecule has 0 aromatic carbocycles. The van der Waals surface area contributed by atoms with E-state index < -0.39 is 24.1 Å². The van der Waals surface area contributed by atoms with Gasteiger partial charge in [0.1, 0.15) is 28.6 Å². The Bertz CT molecular complexity index is 808. The lowest BCUT2D eigenvalue weighted by Crippen LogP contribution is -2.28. The Hall–Kier alpha value is -2.22. The van der Waals surface area contributed by atoms with Gasteiger partial charge in [-0.1, -0.05) is 0 Å². The van der Waals surface area contributed by atoms with Crippen LogP contribution in [0.2, 0.25) is 0 Å². The smallest absolute Gasteiger partial charge is 0.344 e. The van der Waals surface area contributed by atoms with E-state index in [-0.39, 0.29) is 6.54 Å². The molecule has 0 atom stereocenters. The number of rotatable bonds is 5. The Kier molecular flexibility index (Phi) is 5.62. The van der Waals surface area contributed by atoms with E-state index in [4.69, 9.17) is 9.47 Å². The maximum atomic E-state index is 11.9. The van der Waals surface area contributed by atoms with E-state index in [0.29, 0.717) is 11.6 Å². The number of fused-ring (bicyclic) bond motifs is 1. The first-order valence-corrected chi connectivity index (χ1v) is 8.74. The molecule has 0 unspecified atom stereocenters. The predicted octanol–water partition coefficient (Wildman–Crippen LogP) is 2.91. The quantitative estimate of drug-likeness (QED) is 0.815. The van der Waals surface area contributed by atoms with Gasteiger partial charge in [-0.3, -0.25) is 4.79 Å². The summed E-state index contributed by atoms with van der Waals surface area (Å²) in [6.45, 7) is 10.6. The van der Waals surface area contributed by atoms with E-state index in [1.165, 1.54) is 0 Å². The summed E-state index contributed by atoms with van der Waals surface area (Å²) in [5, 5.41) is 3.89. The van der Waals surface area contributed by atoms with Crippen LogP contribution < -0.4 is 5.32 Å². The number of thiophene rings is 1. The van der Waals surface area contributed by atoms with Crippen molar-refractivity contribution in [3.8, 4) is 0 Å². The fraction of sp³-hybridized carbons (Fsp3) is 0.529. The lowest BCUT2D eigenvalue weighted by molar-refractivity contribution is -0.165. The molecule has 0 fully saturated rings. The molecule has 0 saturated carbocycles. The number of aromatic nitrogens is 2. The van der Waals surface area contributed by atoms with Crippen LogP contribution in [0.4, 0.5) is 5.82 Å². The number of aryl methyl sites for hydroxylation is 3. The molecular formula is C17H23N3O4S. The number of nitrogens with one attached hydrogen (secondary N) is 1. The summed E-state index contributed by atoms with van der Waals surface area (Å²) < 4.78 is 10.0.